The third kappa shape index (κ3) is 3.43. The van der Waals surface area contributed by atoms with Crippen LogP contribution in [0.5, 0.6) is 0 Å². The molecule has 0 atom stereocenters. The summed E-state index contributed by atoms with van der Waals surface area (Å²) in [6.07, 6.45) is 2.49. The number of para-hydroxylation sites is 1. The van der Waals surface area contributed by atoms with Crippen molar-refractivity contribution in [2.24, 2.45) is 5.14 Å². The second-order valence-corrected chi connectivity index (χ2v) is 6.37. The van der Waals surface area contributed by atoms with Crippen molar-refractivity contribution in [1.82, 2.24) is 4.98 Å². The smallest absolute Gasteiger partial charge is 0.240 e. The Morgan fingerprint density at radius 1 is 1.37 bits per heavy atom. The summed E-state index contributed by atoms with van der Waals surface area (Å²) in [6, 6.07) is 4.70. The van der Waals surface area contributed by atoms with E-state index in [9.17, 15) is 8.42 Å². The third-order valence-corrected chi connectivity index (χ3v) is 4.32. The van der Waals surface area contributed by atoms with Crippen LogP contribution in [0.15, 0.2) is 34.7 Å². The highest BCUT2D eigenvalue weighted by Gasteiger charge is 2.14. The summed E-state index contributed by atoms with van der Waals surface area (Å²) in [5, 5.41) is 11.1. The summed E-state index contributed by atoms with van der Waals surface area (Å²) < 4.78 is 22.7. The molecule has 2 aromatic rings. The molecule has 0 saturated heterocycles. The van der Waals surface area contributed by atoms with Crippen LogP contribution in [-0.2, 0) is 16.4 Å². The molecule has 2 rings (SSSR count). The van der Waals surface area contributed by atoms with Crippen molar-refractivity contribution >= 4 is 32.7 Å². The predicted octanol–water partition coefficient (Wildman–Crippen LogP) is 1.03. The topological polar surface area (TPSA) is 111 Å². The van der Waals surface area contributed by atoms with E-state index in [1.54, 1.807) is 29.7 Å². The van der Waals surface area contributed by atoms with Gasteiger partial charge in [-0.05, 0) is 12.1 Å². The number of rotatable bonds is 5. The van der Waals surface area contributed by atoms with Gasteiger partial charge in [0, 0.05) is 24.5 Å². The molecule has 8 heteroatoms. The molecule has 0 bridgehead atoms. The number of anilines is 2. The quantitative estimate of drug-likeness (QED) is 0.714. The monoisotopic (exact) mass is 298 g/mol. The molecule has 0 amide bonds. The summed E-state index contributed by atoms with van der Waals surface area (Å²) in [7, 11) is -3.80. The Kier molecular flexibility index (Phi) is 4.03. The lowest BCUT2D eigenvalue weighted by molar-refractivity contribution is 0.598. The molecule has 19 heavy (non-hydrogen) atoms. The van der Waals surface area contributed by atoms with E-state index in [0.29, 0.717) is 12.2 Å². The lowest BCUT2D eigenvalue weighted by Gasteiger charge is -2.11. The minimum Gasteiger partial charge on any atom is -0.396 e. The lowest BCUT2D eigenvalue weighted by atomic mass is 10.2. The molecule has 0 aliphatic rings. The highest BCUT2D eigenvalue weighted by Crippen LogP contribution is 2.25. The van der Waals surface area contributed by atoms with Crippen LogP contribution in [0.1, 0.15) is 5.01 Å². The van der Waals surface area contributed by atoms with Gasteiger partial charge >= 0.3 is 0 Å². The van der Waals surface area contributed by atoms with Crippen LogP contribution in [0.4, 0.5) is 11.4 Å². The zero-order chi connectivity index (χ0) is 13.9. The number of hydrogen-bond donors (Lipinski definition) is 3. The number of nitrogen functional groups attached to an aromatic ring is 1. The Hall–Kier alpha value is -1.64. The summed E-state index contributed by atoms with van der Waals surface area (Å²) in [6.45, 7) is 0.617. The zero-order valence-corrected chi connectivity index (χ0v) is 11.7. The number of aromatic nitrogens is 1. The Morgan fingerprint density at radius 3 is 2.79 bits per heavy atom. The molecule has 0 unspecified atom stereocenters. The molecule has 0 aliphatic carbocycles. The van der Waals surface area contributed by atoms with Gasteiger partial charge in [0.25, 0.3) is 0 Å². The molecule has 0 fully saturated rings. The second-order valence-electron chi connectivity index (χ2n) is 3.87. The van der Waals surface area contributed by atoms with Gasteiger partial charge in [-0.15, -0.1) is 11.3 Å². The maximum atomic E-state index is 11.3. The van der Waals surface area contributed by atoms with Crippen molar-refractivity contribution in [1.29, 1.82) is 0 Å². The van der Waals surface area contributed by atoms with Gasteiger partial charge in [-0.25, -0.2) is 18.5 Å². The number of nitrogens with zero attached hydrogens (tertiary/aromatic N) is 1. The van der Waals surface area contributed by atoms with Gasteiger partial charge in [0.05, 0.1) is 16.4 Å². The first-order valence-corrected chi connectivity index (χ1v) is 7.94. The highest BCUT2D eigenvalue weighted by atomic mass is 32.2. The molecule has 5 N–H and O–H groups in total. The van der Waals surface area contributed by atoms with Crippen LogP contribution in [-0.4, -0.2) is 19.9 Å². The number of nitrogens with one attached hydrogen (secondary N) is 1. The van der Waals surface area contributed by atoms with E-state index in [4.69, 9.17) is 10.9 Å². The molecule has 0 spiro atoms. The minimum atomic E-state index is -3.80. The van der Waals surface area contributed by atoms with Crippen LogP contribution in [0.2, 0.25) is 0 Å². The average molecular weight is 298 g/mol. The fraction of sp³-hybridized carbons (Fsp3) is 0.182. The molecular weight excluding hydrogens is 284 g/mol. The first-order chi connectivity index (χ1) is 8.98. The van der Waals surface area contributed by atoms with Gasteiger partial charge in [0.2, 0.25) is 10.0 Å². The fourth-order valence-corrected chi connectivity index (χ4v) is 2.93. The average Bonchev–Trinajstić information content (AvgIpc) is 2.83. The van der Waals surface area contributed by atoms with Crippen molar-refractivity contribution < 1.29 is 8.42 Å². The van der Waals surface area contributed by atoms with Crippen LogP contribution in [0.25, 0.3) is 0 Å². The van der Waals surface area contributed by atoms with Crippen molar-refractivity contribution in [3.63, 3.8) is 0 Å². The first kappa shape index (κ1) is 13.8. The number of sulfonamides is 1. The van der Waals surface area contributed by atoms with Crippen LogP contribution >= 0.6 is 11.3 Å². The normalized spacial score (nSPS) is 11.4. The maximum absolute atomic E-state index is 11.3. The number of thiazole rings is 1. The van der Waals surface area contributed by atoms with E-state index in [2.05, 4.69) is 10.3 Å². The standard InChI is InChI=1S/C11H14N4O2S2/c12-11-8(2-1-3-9(11)19(13,16)17)14-5-4-10-15-6-7-18-10/h1-3,6-7,14H,4-5,12H2,(H2,13,16,17). The van der Waals surface area contributed by atoms with Crippen molar-refractivity contribution in [2.75, 3.05) is 17.6 Å². The largest absolute Gasteiger partial charge is 0.396 e. The molecule has 6 nitrogen and oxygen atoms in total. The Bertz CT molecular complexity index is 653. The van der Waals surface area contributed by atoms with Gasteiger partial charge in [-0.2, -0.15) is 0 Å². The molecule has 0 aliphatic heterocycles. The van der Waals surface area contributed by atoms with Crippen molar-refractivity contribution in [3.8, 4) is 0 Å². The molecule has 102 valence electrons. The Morgan fingerprint density at radius 2 is 2.16 bits per heavy atom. The summed E-state index contributed by atoms with van der Waals surface area (Å²) in [5.74, 6) is 0. The van der Waals surface area contributed by atoms with E-state index in [0.717, 1.165) is 11.4 Å². The molecule has 0 saturated carbocycles. The van der Waals surface area contributed by atoms with Gasteiger partial charge in [0.1, 0.15) is 4.90 Å². The highest BCUT2D eigenvalue weighted by molar-refractivity contribution is 7.89. The van der Waals surface area contributed by atoms with E-state index >= 15 is 0 Å². The van der Waals surface area contributed by atoms with Crippen molar-refractivity contribution in [3.05, 3.63) is 34.8 Å². The van der Waals surface area contributed by atoms with Crippen LogP contribution in [0.3, 0.4) is 0 Å². The van der Waals surface area contributed by atoms with E-state index in [1.807, 2.05) is 5.38 Å². The number of primary sulfonamides is 1. The maximum Gasteiger partial charge on any atom is 0.240 e. The SMILES string of the molecule is Nc1c(NCCc2nccs2)cccc1S(N)(=O)=O. The second kappa shape index (κ2) is 5.55. The minimum absolute atomic E-state index is 0.0632. The van der Waals surface area contributed by atoms with Crippen LogP contribution in [0, 0.1) is 0 Å². The van der Waals surface area contributed by atoms with Gasteiger partial charge in [-0.1, -0.05) is 6.07 Å². The zero-order valence-electron chi connectivity index (χ0n) is 10.0. The Balaban J connectivity index is 2.09. The Labute approximate surface area is 115 Å². The molecule has 1 aromatic carbocycles. The van der Waals surface area contributed by atoms with Crippen molar-refractivity contribution in [2.45, 2.75) is 11.3 Å². The van der Waals surface area contributed by atoms with Gasteiger partial charge in [-0.3, -0.25) is 0 Å². The number of hydrogen-bond acceptors (Lipinski definition) is 6. The molecule has 1 heterocycles. The summed E-state index contributed by atoms with van der Waals surface area (Å²) >= 11 is 1.57. The number of nitrogens with two attached hydrogens (primary N) is 2. The summed E-state index contributed by atoms with van der Waals surface area (Å²) in [4.78, 5) is 4.09. The molecular formula is C11H14N4O2S2. The van der Waals surface area contributed by atoms with E-state index in [1.165, 1.54) is 6.07 Å². The van der Waals surface area contributed by atoms with Gasteiger partial charge < -0.3 is 11.1 Å². The fourth-order valence-electron chi connectivity index (χ4n) is 1.63. The van der Waals surface area contributed by atoms with E-state index < -0.39 is 10.0 Å². The molecule has 0 radical (unpaired) electrons. The van der Waals surface area contributed by atoms with Crippen LogP contribution < -0.4 is 16.2 Å². The number of benzene rings is 1. The summed E-state index contributed by atoms with van der Waals surface area (Å²) in [5.41, 5.74) is 6.50. The lowest BCUT2D eigenvalue weighted by Crippen LogP contribution is -2.16. The third-order valence-electron chi connectivity index (χ3n) is 2.51. The predicted molar refractivity (Wildman–Crippen MR) is 76.5 cm³/mol. The first-order valence-electron chi connectivity index (χ1n) is 5.52. The van der Waals surface area contributed by atoms with Gasteiger partial charge in [0.15, 0.2) is 0 Å². The molecule has 1 aromatic heterocycles. The van der Waals surface area contributed by atoms with E-state index in [-0.39, 0.29) is 10.6 Å².